The highest BCUT2D eigenvalue weighted by Gasteiger charge is 2.38. The van der Waals surface area contributed by atoms with Gasteiger partial charge >= 0.3 is 11.9 Å². The van der Waals surface area contributed by atoms with Crippen molar-refractivity contribution in [2.24, 2.45) is 5.92 Å². The number of hydrogen-bond acceptors (Lipinski definition) is 7. The number of piperidine rings is 3. The Bertz CT molecular complexity index is 679. The topological polar surface area (TPSA) is 113 Å². The summed E-state index contributed by atoms with van der Waals surface area (Å²) in [5.74, 6) is -0.401. The number of allylic oxidation sites excluding steroid dienone is 1. The minimum absolute atomic E-state index is 0.539. The van der Waals surface area contributed by atoms with Crippen LogP contribution < -0.4 is 4.74 Å². The van der Waals surface area contributed by atoms with Crippen LogP contribution in [0.5, 0.6) is 5.88 Å². The molecular weight excluding hydrogens is 382 g/mol. The molecule has 0 saturated carbocycles. The Kier molecular flexibility index (Phi) is 9.09. The summed E-state index contributed by atoms with van der Waals surface area (Å²) in [5.41, 5.74) is 1.11. The first-order chi connectivity index (χ1) is 13.5. The molecule has 3 saturated heterocycles. The van der Waals surface area contributed by atoms with E-state index in [9.17, 15) is 9.59 Å². The van der Waals surface area contributed by atoms with Gasteiger partial charge in [0.15, 0.2) is 0 Å². The van der Waals surface area contributed by atoms with Crippen LogP contribution in [0.4, 0.5) is 0 Å². The molecule has 2 bridgehead atoms. The third-order valence-corrected chi connectivity index (χ3v) is 5.31. The lowest BCUT2D eigenvalue weighted by Crippen LogP contribution is -2.46. The Morgan fingerprint density at radius 2 is 1.86 bits per heavy atom. The second kappa shape index (κ2) is 11.6. The van der Waals surface area contributed by atoms with Crippen LogP contribution in [0, 0.1) is 5.92 Å². The average molecular weight is 410 g/mol. The van der Waals surface area contributed by atoms with Crippen molar-refractivity contribution >= 4 is 23.7 Å². The molecule has 0 radical (unpaired) electrons. The van der Waals surface area contributed by atoms with Gasteiger partial charge in [0.1, 0.15) is 5.69 Å². The van der Waals surface area contributed by atoms with Gasteiger partial charge in [0.2, 0.25) is 5.88 Å². The molecule has 1 unspecified atom stereocenters. The van der Waals surface area contributed by atoms with E-state index in [1.54, 1.807) is 0 Å². The molecule has 28 heavy (non-hydrogen) atoms. The molecule has 0 amide bonds. The summed E-state index contributed by atoms with van der Waals surface area (Å²) in [7, 11) is 0. The highest BCUT2D eigenvalue weighted by atomic mass is 32.1. The van der Waals surface area contributed by atoms with Crippen LogP contribution >= 0.6 is 11.7 Å². The van der Waals surface area contributed by atoms with E-state index in [1.165, 1.54) is 37.7 Å². The molecule has 0 spiro atoms. The summed E-state index contributed by atoms with van der Waals surface area (Å²) in [5, 5.41) is 15.6. The lowest BCUT2D eigenvalue weighted by atomic mass is 9.77. The average Bonchev–Trinajstić information content (AvgIpc) is 3.16. The van der Waals surface area contributed by atoms with Crippen molar-refractivity contribution in [3.8, 4) is 5.88 Å². The van der Waals surface area contributed by atoms with Crippen molar-refractivity contribution in [3.63, 3.8) is 0 Å². The van der Waals surface area contributed by atoms with E-state index in [0.717, 1.165) is 36.9 Å². The van der Waals surface area contributed by atoms with Gasteiger partial charge in [0, 0.05) is 24.6 Å². The predicted octanol–water partition coefficient (Wildman–Crippen LogP) is 2.79. The van der Waals surface area contributed by atoms with Gasteiger partial charge in [-0.2, -0.15) is 4.37 Å². The van der Waals surface area contributed by atoms with Gasteiger partial charge in [-0.05, 0) is 44.7 Å². The zero-order valence-electron chi connectivity index (χ0n) is 16.0. The van der Waals surface area contributed by atoms with Crippen molar-refractivity contribution in [1.29, 1.82) is 0 Å². The standard InChI is InChI=1S/C15H23N3OS.C4H4O4/c1-2-3-4-5-10-19-15-14(16-20-17-15)13-11-18-8-6-12(13)7-9-18;5-3(6)1-2-4(7)8/h3-4,12-13H,2,5-11H2,1H3;1-2H,(H,5,6)(H,7,8)/b4-3+;2-1+. The number of rotatable bonds is 8. The smallest absolute Gasteiger partial charge is 0.328 e. The van der Waals surface area contributed by atoms with Crippen LogP contribution in [0.3, 0.4) is 0 Å². The van der Waals surface area contributed by atoms with E-state index < -0.39 is 11.9 Å². The first-order valence-corrected chi connectivity index (χ1v) is 10.2. The molecule has 4 rings (SSSR count). The molecule has 3 aliphatic heterocycles. The van der Waals surface area contributed by atoms with Crippen LogP contribution in [0.15, 0.2) is 24.3 Å². The van der Waals surface area contributed by atoms with Crippen LogP contribution in [0.1, 0.15) is 44.2 Å². The van der Waals surface area contributed by atoms with Gasteiger partial charge < -0.3 is 19.8 Å². The molecule has 154 valence electrons. The third-order valence-electron chi connectivity index (χ3n) is 4.78. The fourth-order valence-corrected chi connectivity index (χ4v) is 4.00. The van der Waals surface area contributed by atoms with E-state index in [4.69, 9.17) is 14.9 Å². The normalized spacial score (nSPS) is 23.5. The summed E-state index contributed by atoms with van der Waals surface area (Å²) < 4.78 is 14.7. The molecule has 1 aromatic heterocycles. The first kappa shape index (κ1) is 22.0. The van der Waals surface area contributed by atoms with E-state index >= 15 is 0 Å². The maximum Gasteiger partial charge on any atom is 0.328 e. The highest BCUT2D eigenvalue weighted by molar-refractivity contribution is 6.99. The monoisotopic (exact) mass is 409 g/mol. The largest absolute Gasteiger partial charge is 0.478 e. The molecule has 1 aromatic rings. The van der Waals surface area contributed by atoms with E-state index in [1.807, 2.05) is 0 Å². The molecule has 4 heterocycles. The number of nitrogens with zero attached hydrogens (tertiary/aromatic N) is 3. The fraction of sp³-hybridized carbons (Fsp3) is 0.579. The molecule has 2 N–H and O–H groups in total. The predicted molar refractivity (Wildman–Crippen MR) is 106 cm³/mol. The van der Waals surface area contributed by atoms with Crippen LogP contribution in [0.2, 0.25) is 0 Å². The second-order valence-corrected chi connectivity index (χ2v) is 7.25. The zero-order chi connectivity index (χ0) is 20.4. The van der Waals surface area contributed by atoms with Crippen LogP contribution in [-0.2, 0) is 9.59 Å². The Balaban J connectivity index is 0.000000300. The van der Waals surface area contributed by atoms with Crippen molar-refractivity contribution in [3.05, 3.63) is 30.0 Å². The first-order valence-electron chi connectivity index (χ1n) is 9.47. The SMILES string of the molecule is CC/C=C/CCOc1nsnc1C1CN2CCC1CC2.O=C(O)/C=C/C(=O)O. The zero-order valence-corrected chi connectivity index (χ0v) is 16.8. The molecule has 1 atom stereocenters. The van der Waals surface area contributed by atoms with Crippen molar-refractivity contribution < 1.29 is 24.5 Å². The minimum atomic E-state index is -1.26. The van der Waals surface area contributed by atoms with Gasteiger partial charge in [-0.1, -0.05) is 19.1 Å². The van der Waals surface area contributed by atoms with Gasteiger partial charge in [0.25, 0.3) is 0 Å². The van der Waals surface area contributed by atoms with Crippen molar-refractivity contribution in [2.45, 2.75) is 38.5 Å². The van der Waals surface area contributed by atoms with Crippen molar-refractivity contribution in [2.75, 3.05) is 26.2 Å². The minimum Gasteiger partial charge on any atom is -0.478 e. The maximum atomic E-state index is 9.55. The van der Waals surface area contributed by atoms with Gasteiger partial charge in [0.05, 0.1) is 18.3 Å². The number of carboxylic acid groups (broad SMARTS) is 2. The summed E-state index contributed by atoms with van der Waals surface area (Å²) in [4.78, 5) is 21.7. The van der Waals surface area contributed by atoms with E-state index in [-0.39, 0.29) is 0 Å². The number of hydrogen-bond donors (Lipinski definition) is 2. The number of aliphatic carboxylic acids is 2. The Morgan fingerprint density at radius 3 is 2.39 bits per heavy atom. The van der Waals surface area contributed by atoms with Gasteiger partial charge in [-0.15, -0.1) is 4.37 Å². The number of fused-ring (bicyclic) bond motifs is 3. The molecule has 0 aromatic carbocycles. The fourth-order valence-electron chi connectivity index (χ4n) is 3.44. The summed E-state index contributed by atoms with van der Waals surface area (Å²) in [6, 6.07) is 0. The number of ether oxygens (including phenoxy) is 1. The molecule has 8 nitrogen and oxygen atoms in total. The number of aromatic nitrogens is 2. The van der Waals surface area contributed by atoms with Crippen molar-refractivity contribution in [1.82, 2.24) is 13.6 Å². The van der Waals surface area contributed by atoms with Gasteiger partial charge in [-0.25, -0.2) is 9.59 Å². The summed E-state index contributed by atoms with van der Waals surface area (Å²) >= 11 is 1.29. The second-order valence-electron chi connectivity index (χ2n) is 6.73. The lowest BCUT2D eigenvalue weighted by Gasteiger charge is -2.44. The Morgan fingerprint density at radius 1 is 1.18 bits per heavy atom. The van der Waals surface area contributed by atoms with Crippen LogP contribution in [-0.4, -0.2) is 62.0 Å². The summed E-state index contributed by atoms with van der Waals surface area (Å²) in [6.45, 7) is 6.51. The Labute approximate surface area is 168 Å². The molecule has 0 aliphatic carbocycles. The highest BCUT2D eigenvalue weighted by Crippen LogP contribution is 2.41. The molecule has 9 heteroatoms. The van der Waals surface area contributed by atoms with Crippen LogP contribution in [0.25, 0.3) is 0 Å². The number of carbonyl (C=O) groups is 2. The van der Waals surface area contributed by atoms with E-state index in [0.29, 0.717) is 24.7 Å². The molecule has 3 aliphatic rings. The molecule has 3 fully saturated rings. The van der Waals surface area contributed by atoms with Gasteiger partial charge in [-0.3, -0.25) is 0 Å². The van der Waals surface area contributed by atoms with E-state index in [2.05, 4.69) is 32.7 Å². The maximum absolute atomic E-state index is 9.55. The molecular formula is C19H27N3O5S. The lowest BCUT2D eigenvalue weighted by molar-refractivity contribution is -0.134. The number of carboxylic acids is 2. The Hall–Kier alpha value is -2.26. The quantitative estimate of drug-likeness (QED) is 0.383. The summed E-state index contributed by atoms with van der Waals surface area (Å²) in [6.07, 6.45) is 10.1. The third kappa shape index (κ3) is 7.05.